The Morgan fingerprint density at radius 1 is 1.22 bits per heavy atom. The van der Waals surface area contributed by atoms with Crippen molar-refractivity contribution in [2.24, 2.45) is 14.1 Å². The predicted molar refractivity (Wildman–Crippen MR) is 109 cm³/mol. The molecule has 1 aliphatic rings. The Morgan fingerprint density at radius 2 is 1.94 bits per heavy atom. The van der Waals surface area contributed by atoms with E-state index in [1.807, 2.05) is 6.92 Å². The normalized spacial score (nSPS) is 16.2. The number of hydrogen-bond donors (Lipinski definition) is 0. The summed E-state index contributed by atoms with van der Waals surface area (Å²) >= 11 is 0. The fourth-order valence-electron chi connectivity index (χ4n) is 4.30. The van der Waals surface area contributed by atoms with Crippen LogP contribution in [0.5, 0.6) is 5.88 Å². The molecule has 4 heterocycles. The Labute approximate surface area is 182 Å². The second kappa shape index (κ2) is 7.64. The number of aromatic nitrogens is 5. The first-order valence-corrected chi connectivity index (χ1v) is 10.0. The van der Waals surface area contributed by atoms with E-state index in [0.29, 0.717) is 41.4 Å². The van der Waals surface area contributed by atoms with Crippen molar-refractivity contribution in [3.05, 3.63) is 46.4 Å². The number of pyridine rings is 1. The number of fused-ring (bicyclic) bond motifs is 1. The molecule has 1 atom stereocenters. The zero-order chi connectivity index (χ0) is 23.4. The molecule has 0 unspecified atom stereocenters. The molecule has 4 rings (SSSR count). The van der Waals surface area contributed by atoms with E-state index in [0.717, 1.165) is 16.3 Å². The third kappa shape index (κ3) is 3.41. The molecular formula is C21H23F3N6O2. The second-order valence-corrected chi connectivity index (χ2v) is 7.79. The maximum atomic E-state index is 13.3. The van der Waals surface area contributed by atoms with Crippen LogP contribution in [0.2, 0.25) is 0 Å². The molecule has 1 aliphatic heterocycles. The Kier molecular flexibility index (Phi) is 5.22. The van der Waals surface area contributed by atoms with Gasteiger partial charge in [0.15, 0.2) is 0 Å². The lowest BCUT2D eigenvalue weighted by molar-refractivity contribution is -0.143. The molecule has 0 radical (unpaired) electrons. The molecule has 3 aromatic heterocycles. The first-order valence-electron chi connectivity index (χ1n) is 10.0. The predicted octanol–water partition coefficient (Wildman–Crippen LogP) is 3.31. The van der Waals surface area contributed by atoms with Gasteiger partial charge in [-0.2, -0.15) is 23.4 Å². The SMILES string of the molecule is COc1nccc(C(=O)N2CCc3c(nn(C)c3-c3cc(C(F)(F)F)n(C)n3)[C@@H]2C)c1C. The zero-order valence-corrected chi connectivity index (χ0v) is 18.4. The molecule has 0 aliphatic carbocycles. The summed E-state index contributed by atoms with van der Waals surface area (Å²) in [7, 11) is 4.44. The van der Waals surface area contributed by atoms with E-state index in [-0.39, 0.29) is 17.6 Å². The lowest BCUT2D eigenvalue weighted by Gasteiger charge is -2.33. The number of aryl methyl sites for hydroxylation is 2. The summed E-state index contributed by atoms with van der Waals surface area (Å²) in [5.41, 5.74) is 2.51. The monoisotopic (exact) mass is 448 g/mol. The number of hydrogen-bond acceptors (Lipinski definition) is 5. The maximum absolute atomic E-state index is 13.3. The minimum Gasteiger partial charge on any atom is -0.481 e. The van der Waals surface area contributed by atoms with Crippen molar-refractivity contribution in [2.45, 2.75) is 32.5 Å². The third-order valence-electron chi connectivity index (χ3n) is 5.90. The topological polar surface area (TPSA) is 78.1 Å². The van der Waals surface area contributed by atoms with E-state index in [9.17, 15) is 18.0 Å². The Bertz CT molecular complexity index is 1200. The van der Waals surface area contributed by atoms with E-state index in [1.54, 1.807) is 29.6 Å². The van der Waals surface area contributed by atoms with E-state index >= 15 is 0 Å². The fourth-order valence-corrected chi connectivity index (χ4v) is 4.30. The number of nitrogens with zero attached hydrogens (tertiary/aromatic N) is 6. The Hall–Kier alpha value is -3.37. The number of alkyl halides is 3. The highest BCUT2D eigenvalue weighted by molar-refractivity contribution is 5.96. The number of methoxy groups -OCH3 is 1. The van der Waals surface area contributed by atoms with Crippen molar-refractivity contribution in [2.75, 3.05) is 13.7 Å². The average molecular weight is 448 g/mol. The van der Waals surface area contributed by atoms with Crippen molar-refractivity contribution < 1.29 is 22.7 Å². The highest BCUT2D eigenvalue weighted by atomic mass is 19.4. The Morgan fingerprint density at radius 3 is 2.56 bits per heavy atom. The van der Waals surface area contributed by atoms with E-state index in [1.165, 1.54) is 20.4 Å². The van der Waals surface area contributed by atoms with Crippen molar-refractivity contribution >= 4 is 5.91 Å². The van der Waals surface area contributed by atoms with Gasteiger partial charge < -0.3 is 9.64 Å². The van der Waals surface area contributed by atoms with Gasteiger partial charge in [-0.3, -0.25) is 14.2 Å². The van der Waals surface area contributed by atoms with Crippen LogP contribution in [0.3, 0.4) is 0 Å². The van der Waals surface area contributed by atoms with Crippen LogP contribution < -0.4 is 4.74 Å². The van der Waals surface area contributed by atoms with Gasteiger partial charge in [0.2, 0.25) is 5.88 Å². The van der Waals surface area contributed by atoms with E-state index in [4.69, 9.17) is 4.74 Å². The largest absolute Gasteiger partial charge is 0.481 e. The smallest absolute Gasteiger partial charge is 0.433 e. The van der Waals surface area contributed by atoms with Crippen molar-refractivity contribution in [1.82, 2.24) is 29.4 Å². The van der Waals surface area contributed by atoms with Crippen LogP contribution in [0.1, 0.15) is 45.8 Å². The number of carbonyl (C=O) groups excluding carboxylic acids is 1. The average Bonchev–Trinajstić information content (AvgIpc) is 3.27. The van der Waals surface area contributed by atoms with Crippen LogP contribution in [0.25, 0.3) is 11.4 Å². The van der Waals surface area contributed by atoms with Crippen molar-refractivity contribution in [1.29, 1.82) is 0 Å². The molecular weight excluding hydrogens is 425 g/mol. The van der Waals surface area contributed by atoms with Gasteiger partial charge in [0.1, 0.15) is 11.4 Å². The summed E-state index contributed by atoms with van der Waals surface area (Å²) in [5, 5.41) is 8.63. The molecule has 0 N–H and O–H groups in total. The van der Waals surface area contributed by atoms with E-state index < -0.39 is 11.9 Å². The van der Waals surface area contributed by atoms with Gasteiger partial charge in [-0.25, -0.2) is 4.98 Å². The van der Waals surface area contributed by atoms with Crippen LogP contribution in [0, 0.1) is 6.92 Å². The summed E-state index contributed by atoms with van der Waals surface area (Å²) in [6.07, 6.45) is -2.52. The summed E-state index contributed by atoms with van der Waals surface area (Å²) in [5.74, 6) is 0.211. The molecule has 0 spiro atoms. The van der Waals surface area contributed by atoms with E-state index in [2.05, 4.69) is 15.2 Å². The lowest BCUT2D eigenvalue weighted by atomic mass is 9.96. The van der Waals surface area contributed by atoms with Gasteiger partial charge in [-0.05, 0) is 32.4 Å². The lowest BCUT2D eigenvalue weighted by Crippen LogP contribution is -2.39. The number of carbonyl (C=O) groups is 1. The summed E-state index contributed by atoms with van der Waals surface area (Å²) in [6.45, 7) is 4.03. The van der Waals surface area contributed by atoms with Gasteiger partial charge in [0.05, 0.1) is 24.5 Å². The molecule has 0 saturated carbocycles. The van der Waals surface area contributed by atoms with Gasteiger partial charge in [0.25, 0.3) is 5.91 Å². The molecule has 170 valence electrons. The number of rotatable bonds is 3. The summed E-state index contributed by atoms with van der Waals surface area (Å²) < 4.78 is 47.4. The van der Waals surface area contributed by atoms with Crippen LogP contribution in [0.15, 0.2) is 18.3 Å². The summed E-state index contributed by atoms with van der Waals surface area (Å²) in [4.78, 5) is 19.1. The molecule has 32 heavy (non-hydrogen) atoms. The van der Waals surface area contributed by atoms with Gasteiger partial charge >= 0.3 is 6.18 Å². The molecule has 11 heteroatoms. The first-order chi connectivity index (χ1) is 15.0. The molecule has 0 saturated heterocycles. The second-order valence-electron chi connectivity index (χ2n) is 7.79. The molecule has 8 nitrogen and oxygen atoms in total. The number of halogens is 3. The number of amides is 1. The third-order valence-corrected chi connectivity index (χ3v) is 5.90. The quantitative estimate of drug-likeness (QED) is 0.614. The molecule has 3 aromatic rings. The Balaban J connectivity index is 1.70. The molecule has 0 bridgehead atoms. The van der Waals surface area contributed by atoms with Gasteiger partial charge in [0, 0.05) is 43.5 Å². The molecule has 0 aromatic carbocycles. The van der Waals surface area contributed by atoms with Crippen molar-refractivity contribution in [3.63, 3.8) is 0 Å². The van der Waals surface area contributed by atoms with Gasteiger partial charge in [-0.1, -0.05) is 0 Å². The molecule has 0 fully saturated rings. The van der Waals surface area contributed by atoms with Crippen LogP contribution in [-0.4, -0.2) is 49.0 Å². The van der Waals surface area contributed by atoms with Crippen LogP contribution >= 0.6 is 0 Å². The minimum atomic E-state index is -4.50. The molecule has 1 amide bonds. The van der Waals surface area contributed by atoms with Gasteiger partial charge in [-0.15, -0.1) is 0 Å². The summed E-state index contributed by atoms with van der Waals surface area (Å²) in [6, 6.07) is 2.32. The standard InChI is InChI=1S/C21H23F3N6O2/c1-11-13(6-8-25-19(11)32-5)20(31)30-9-7-14-17(12(30)2)27-29(4)18(14)15-10-16(21(22,23)24)28(3)26-15/h6,8,10,12H,7,9H2,1-5H3/t12-/m0/s1. The van der Waals surface area contributed by atoms with Crippen LogP contribution in [-0.2, 0) is 26.7 Å². The zero-order valence-electron chi connectivity index (χ0n) is 18.4. The number of ether oxygens (including phenoxy) is 1. The first kappa shape index (κ1) is 21.8. The highest BCUT2D eigenvalue weighted by Gasteiger charge is 2.38. The maximum Gasteiger partial charge on any atom is 0.433 e. The van der Waals surface area contributed by atoms with Crippen LogP contribution in [0.4, 0.5) is 13.2 Å². The van der Waals surface area contributed by atoms with Crippen molar-refractivity contribution in [3.8, 4) is 17.3 Å². The minimum absolute atomic E-state index is 0.175. The highest BCUT2D eigenvalue weighted by Crippen LogP contribution is 2.38. The fraction of sp³-hybridized carbons (Fsp3) is 0.429.